The molecule has 0 unspecified atom stereocenters. The van der Waals surface area contributed by atoms with Gasteiger partial charge in [0.05, 0.1) is 6.26 Å². The molecule has 3 aromatic rings. The van der Waals surface area contributed by atoms with E-state index < -0.39 is 0 Å². The molecule has 3 aromatic heterocycles. The maximum Gasteiger partial charge on any atom is 0.153 e. The van der Waals surface area contributed by atoms with Crippen LogP contribution < -0.4 is 5.32 Å². The molecule has 0 radical (unpaired) electrons. The quantitative estimate of drug-likeness (QED) is 0.763. The summed E-state index contributed by atoms with van der Waals surface area (Å²) in [6.45, 7) is 3.94. The zero-order valence-corrected chi connectivity index (χ0v) is 10.3. The molecule has 4 nitrogen and oxygen atoms in total. The Labute approximate surface area is 105 Å². The van der Waals surface area contributed by atoms with Gasteiger partial charge in [-0.1, -0.05) is 6.92 Å². The lowest BCUT2D eigenvalue weighted by Crippen LogP contribution is -2.11. The van der Waals surface area contributed by atoms with Crippen LogP contribution in [0.3, 0.4) is 0 Å². The average Bonchev–Trinajstić information content (AvgIpc) is 3.03. The molecule has 0 bridgehead atoms. The van der Waals surface area contributed by atoms with Crippen molar-refractivity contribution in [3.05, 3.63) is 48.5 Å². The van der Waals surface area contributed by atoms with Crippen molar-refractivity contribution >= 4 is 5.65 Å². The minimum Gasteiger partial charge on any atom is -0.463 e. The van der Waals surface area contributed by atoms with Crippen LogP contribution >= 0.6 is 0 Å². The number of hydrogen-bond donors (Lipinski definition) is 1. The maximum absolute atomic E-state index is 5.36. The van der Waals surface area contributed by atoms with Gasteiger partial charge in [-0.25, -0.2) is 4.98 Å². The predicted octanol–water partition coefficient (Wildman–Crippen LogP) is 2.70. The molecular weight excluding hydrogens is 226 g/mol. The number of aromatic nitrogens is 2. The van der Waals surface area contributed by atoms with Gasteiger partial charge in [0.2, 0.25) is 0 Å². The Kier molecular flexibility index (Phi) is 2.86. The first-order chi connectivity index (χ1) is 8.86. The zero-order chi connectivity index (χ0) is 12.4. The largest absolute Gasteiger partial charge is 0.463 e. The molecule has 3 heterocycles. The fourth-order valence-electron chi connectivity index (χ4n) is 1.95. The molecule has 0 aliphatic rings. The summed E-state index contributed by atoms with van der Waals surface area (Å²) in [6.07, 6.45) is 5.67. The van der Waals surface area contributed by atoms with E-state index in [1.165, 1.54) is 5.56 Å². The fraction of sp³-hybridized carbons (Fsp3) is 0.214. The van der Waals surface area contributed by atoms with Crippen LogP contribution in [0.15, 0.2) is 47.3 Å². The van der Waals surface area contributed by atoms with Crippen LogP contribution in [0.4, 0.5) is 0 Å². The molecular formula is C14H15N3O. The molecule has 3 rings (SSSR count). The zero-order valence-electron chi connectivity index (χ0n) is 10.3. The SMILES string of the molecule is CCNCc1ccn2cc(-c3ccco3)nc2c1. The fourth-order valence-corrected chi connectivity index (χ4v) is 1.95. The van der Waals surface area contributed by atoms with E-state index in [0.29, 0.717) is 0 Å². The van der Waals surface area contributed by atoms with E-state index in [9.17, 15) is 0 Å². The Balaban J connectivity index is 1.97. The van der Waals surface area contributed by atoms with Crippen molar-refractivity contribution in [3.8, 4) is 11.5 Å². The number of fused-ring (bicyclic) bond motifs is 1. The molecule has 18 heavy (non-hydrogen) atoms. The van der Waals surface area contributed by atoms with E-state index in [-0.39, 0.29) is 0 Å². The third-order valence-electron chi connectivity index (χ3n) is 2.88. The number of hydrogen-bond acceptors (Lipinski definition) is 3. The third-order valence-corrected chi connectivity index (χ3v) is 2.88. The highest BCUT2D eigenvalue weighted by molar-refractivity contribution is 5.57. The highest BCUT2D eigenvalue weighted by Gasteiger charge is 2.06. The van der Waals surface area contributed by atoms with Crippen molar-refractivity contribution in [1.29, 1.82) is 0 Å². The third kappa shape index (κ3) is 2.02. The Bertz CT molecular complexity index is 640. The van der Waals surface area contributed by atoms with Crippen LogP contribution in [0.25, 0.3) is 17.1 Å². The summed E-state index contributed by atoms with van der Waals surface area (Å²) < 4.78 is 7.36. The topological polar surface area (TPSA) is 42.5 Å². The maximum atomic E-state index is 5.36. The van der Waals surface area contributed by atoms with Gasteiger partial charge in [-0.2, -0.15) is 0 Å². The number of nitrogens with zero attached hydrogens (tertiary/aromatic N) is 2. The predicted molar refractivity (Wildman–Crippen MR) is 70.3 cm³/mol. The summed E-state index contributed by atoms with van der Waals surface area (Å²) in [5.41, 5.74) is 3.04. The van der Waals surface area contributed by atoms with Crippen molar-refractivity contribution < 1.29 is 4.42 Å². The van der Waals surface area contributed by atoms with Crippen LogP contribution in [-0.4, -0.2) is 15.9 Å². The van der Waals surface area contributed by atoms with E-state index in [2.05, 4.69) is 29.4 Å². The van der Waals surface area contributed by atoms with Crippen LogP contribution in [0, 0.1) is 0 Å². The molecule has 0 fully saturated rings. The molecule has 4 heteroatoms. The molecule has 0 atom stereocenters. The van der Waals surface area contributed by atoms with Gasteiger partial charge in [0.15, 0.2) is 5.76 Å². The highest BCUT2D eigenvalue weighted by Crippen LogP contribution is 2.19. The molecule has 0 saturated carbocycles. The first-order valence-electron chi connectivity index (χ1n) is 6.09. The van der Waals surface area contributed by atoms with E-state index >= 15 is 0 Å². The van der Waals surface area contributed by atoms with E-state index in [4.69, 9.17) is 4.42 Å². The van der Waals surface area contributed by atoms with E-state index in [1.807, 2.05) is 28.9 Å². The molecule has 0 aliphatic carbocycles. The molecule has 0 spiro atoms. The minimum atomic E-state index is 0.798. The molecule has 1 N–H and O–H groups in total. The molecule has 0 saturated heterocycles. The van der Waals surface area contributed by atoms with Gasteiger partial charge in [0.25, 0.3) is 0 Å². The van der Waals surface area contributed by atoms with Crippen LogP contribution in [-0.2, 0) is 6.54 Å². The van der Waals surface area contributed by atoms with Gasteiger partial charge in [-0.05, 0) is 36.4 Å². The molecule has 92 valence electrons. The summed E-state index contributed by atoms with van der Waals surface area (Å²) in [5, 5.41) is 3.31. The van der Waals surface area contributed by atoms with E-state index in [1.54, 1.807) is 6.26 Å². The first-order valence-corrected chi connectivity index (χ1v) is 6.09. The normalized spacial score (nSPS) is 11.2. The number of imidazole rings is 1. The van der Waals surface area contributed by atoms with Gasteiger partial charge in [0, 0.05) is 18.9 Å². The highest BCUT2D eigenvalue weighted by atomic mass is 16.3. The Morgan fingerprint density at radius 3 is 3.11 bits per heavy atom. The molecule has 0 aliphatic heterocycles. The van der Waals surface area contributed by atoms with Crippen molar-refractivity contribution in [2.24, 2.45) is 0 Å². The lowest BCUT2D eigenvalue weighted by atomic mass is 10.2. The second-order valence-electron chi connectivity index (χ2n) is 4.18. The van der Waals surface area contributed by atoms with Gasteiger partial charge in [-0.15, -0.1) is 0 Å². The summed E-state index contributed by atoms with van der Waals surface area (Å²) in [4.78, 5) is 4.57. The standard InChI is InChI=1S/C14H15N3O/c1-2-15-9-11-5-6-17-10-12(16-14(17)8-11)13-4-3-7-18-13/h3-8,10,15H,2,9H2,1H3. The summed E-state index contributed by atoms with van der Waals surface area (Å²) >= 11 is 0. The smallest absolute Gasteiger partial charge is 0.153 e. The Hall–Kier alpha value is -2.07. The average molecular weight is 241 g/mol. The summed E-state index contributed by atoms with van der Waals surface area (Å²) in [7, 11) is 0. The molecule has 0 aromatic carbocycles. The van der Waals surface area contributed by atoms with Crippen molar-refractivity contribution in [2.75, 3.05) is 6.54 Å². The van der Waals surface area contributed by atoms with Gasteiger partial charge < -0.3 is 14.1 Å². The summed E-state index contributed by atoms with van der Waals surface area (Å²) in [6, 6.07) is 7.98. The van der Waals surface area contributed by atoms with Crippen molar-refractivity contribution in [2.45, 2.75) is 13.5 Å². The van der Waals surface area contributed by atoms with Crippen LogP contribution in [0.1, 0.15) is 12.5 Å². The second kappa shape index (κ2) is 4.66. The molecule has 0 amide bonds. The number of pyridine rings is 1. The van der Waals surface area contributed by atoms with E-state index in [0.717, 1.165) is 30.2 Å². The monoisotopic (exact) mass is 241 g/mol. The number of nitrogens with one attached hydrogen (secondary N) is 1. The van der Waals surface area contributed by atoms with Gasteiger partial charge in [0.1, 0.15) is 11.3 Å². The minimum absolute atomic E-state index is 0.798. The lowest BCUT2D eigenvalue weighted by molar-refractivity contribution is 0.580. The van der Waals surface area contributed by atoms with Crippen molar-refractivity contribution in [1.82, 2.24) is 14.7 Å². The summed E-state index contributed by atoms with van der Waals surface area (Å²) in [5.74, 6) is 0.798. The van der Waals surface area contributed by atoms with Crippen molar-refractivity contribution in [3.63, 3.8) is 0 Å². The first kappa shape index (κ1) is 11.0. The lowest BCUT2D eigenvalue weighted by Gasteiger charge is -2.01. The second-order valence-corrected chi connectivity index (χ2v) is 4.18. The van der Waals surface area contributed by atoms with Crippen LogP contribution in [0.2, 0.25) is 0 Å². The Morgan fingerprint density at radius 2 is 2.33 bits per heavy atom. The van der Waals surface area contributed by atoms with Gasteiger partial charge in [-0.3, -0.25) is 0 Å². The van der Waals surface area contributed by atoms with Crippen LogP contribution in [0.5, 0.6) is 0 Å². The number of furan rings is 1. The van der Waals surface area contributed by atoms with Gasteiger partial charge >= 0.3 is 0 Å². The number of rotatable bonds is 4. The Morgan fingerprint density at radius 1 is 1.39 bits per heavy atom.